The molecular formula is C17H26N2O2. The van der Waals surface area contributed by atoms with Crippen molar-refractivity contribution in [3.05, 3.63) is 35.9 Å². The minimum Gasteiger partial charge on any atom is -0.378 e. The van der Waals surface area contributed by atoms with Crippen LogP contribution in [-0.4, -0.2) is 43.2 Å². The van der Waals surface area contributed by atoms with E-state index in [1.165, 1.54) is 5.56 Å². The van der Waals surface area contributed by atoms with E-state index in [1.807, 2.05) is 30.0 Å². The summed E-state index contributed by atoms with van der Waals surface area (Å²) in [6, 6.07) is 10.1. The van der Waals surface area contributed by atoms with Gasteiger partial charge < -0.3 is 15.0 Å². The highest BCUT2D eigenvalue weighted by Gasteiger charge is 2.16. The molecule has 0 atom stereocenters. The first-order valence-electron chi connectivity index (χ1n) is 7.93. The van der Waals surface area contributed by atoms with E-state index in [2.05, 4.69) is 17.4 Å². The first kappa shape index (κ1) is 16.0. The van der Waals surface area contributed by atoms with Gasteiger partial charge in [-0.2, -0.15) is 0 Å². The largest absolute Gasteiger partial charge is 0.378 e. The van der Waals surface area contributed by atoms with E-state index in [0.29, 0.717) is 25.7 Å². The third-order valence-electron chi connectivity index (χ3n) is 3.91. The van der Waals surface area contributed by atoms with Crippen LogP contribution in [0.1, 0.15) is 31.7 Å². The lowest BCUT2D eigenvalue weighted by Crippen LogP contribution is -2.34. The Morgan fingerprint density at radius 1 is 1.29 bits per heavy atom. The van der Waals surface area contributed by atoms with E-state index < -0.39 is 0 Å². The van der Waals surface area contributed by atoms with E-state index in [1.54, 1.807) is 0 Å². The van der Waals surface area contributed by atoms with Gasteiger partial charge in [0, 0.05) is 13.1 Å². The Kier molecular flexibility index (Phi) is 6.70. The number of nitrogens with zero attached hydrogens (tertiary/aromatic N) is 1. The van der Waals surface area contributed by atoms with Crippen LogP contribution in [0.2, 0.25) is 0 Å². The Balaban J connectivity index is 1.72. The van der Waals surface area contributed by atoms with E-state index >= 15 is 0 Å². The van der Waals surface area contributed by atoms with Crippen LogP contribution in [-0.2, 0) is 16.1 Å². The fourth-order valence-electron chi connectivity index (χ4n) is 2.61. The van der Waals surface area contributed by atoms with Crippen LogP contribution in [0.4, 0.5) is 0 Å². The molecule has 21 heavy (non-hydrogen) atoms. The van der Waals surface area contributed by atoms with Gasteiger partial charge >= 0.3 is 0 Å². The van der Waals surface area contributed by atoms with Gasteiger partial charge in [0.2, 0.25) is 5.91 Å². The average Bonchev–Trinajstić information content (AvgIpc) is 2.54. The quantitative estimate of drug-likeness (QED) is 0.837. The minimum absolute atomic E-state index is 0.176. The summed E-state index contributed by atoms with van der Waals surface area (Å²) in [4.78, 5) is 14.1. The van der Waals surface area contributed by atoms with Crippen LogP contribution in [0.15, 0.2) is 30.3 Å². The topological polar surface area (TPSA) is 41.6 Å². The van der Waals surface area contributed by atoms with Crippen molar-refractivity contribution in [1.29, 1.82) is 0 Å². The molecule has 1 amide bonds. The second kappa shape index (κ2) is 8.80. The molecule has 1 aliphatic heterocycles. The molecule has 0 aliphatic carbocycles. The van der Waals surface area contributed by atoms with Crippen molar-refractivity contribution in [2.45, 2.75) is 38.8 Å². The molecule has 0 aromatic heterocycles. The van der Waals surface area contributed by atoms with Gasteiger partial charge in [0.25, 0.3) is 0 Å². The van der Waals surface area contributed by atoms with Crippen LogP contribution in [0, 0.1) is 0 Å². The van der Waals surface area contributed by atoms with Crippen molar-refractivity contribution in [1.82, 2.24) is 10.2 Å². The van der Waals surface area contributed by atoms with Crippen molar-refractivity contribution in [3.8, 4) is 0 Å². The number of hydrogen-bond donors (Lipinski definition) is 1. The zero-order valence-corrected chi connectivity index (χ0v) is 12.9. The number of hydrogen-bond acceptors (Lipinski definition) is 3. The molecule has 4 nitrogen and oxygen atoms in total. The van der Waals surface area contributed by atoms with E-state index in [4.69, 9.17) is 4.74 Å². The minimum atomic E-state index is 0.176. The molecule has 1 fully saturated rings. The molecule has 4 heteroatoms. The second-order valence-electron chi connectivity index (χ2n) is 5.46. The fraction of sp³-hybridized carbons (Fsp3) is 0.588. The van der Waals surface area contributed by atoms with Gasteiger partial charge in [-0.3, -0.25) is 4.79 Å². The number of piperidine rings is 1. The Labute approximate surface area is 127 Å². The Morgan fingerprint density at radius 2 is 2.00 bits per heavy atom. The number of ether oxygens (including phenoxy) is 1. The summed E-state index contributed by atoms with van der Waals surface area (Å²) in [6.07, 6.45) is 2.90. The van der Waals surface area contributed by atoms with Gasteiger partial charge in [-0.1, -0.05) is 30.3 Å². The van der Waals surface area contributed by atoms with Gasteiger partial charge in [0.05, 0.1) is 19.1 Å². The molecule has 2 rings (SSSR count). The lowest BCUT2D eigenvalue weighted by Gasteiger charge is -2.24. The Morgan fingerprint density at radius 3 is 2.67 bits per heavy atom. The van der Waals surface area contributed by atoms with Gasteiger partial charge in [0.1, 0.15) is 0 Å². The lowest BCUT2D eigenvalue weighted by molar-refractivity contribution is -0.133. The Bertz CT molecular complexity index is 416. The van der Waals surface area contributed by atoms with Crippen molar-refractivity contribution in [2.24, 2.45) is 0 Å². The van der Waals surface area contributed by atoms with Crippen LogP contribution in [0.3, 0.4) is 0 Å². The molecule has 1 aliphatic rings. The highest BCUT2D eigenvalue weighted by Crippen LogP contribution is 2.09. The zero-order valence-electron chi connectivity index (χ0n) is 12.9. The molecule has 1 N–H and O–H groups in total. The van der Waals surface area contributed by atoms with Gasteiger partial charge in [-0.25, -0.2) is 0 Å². The van der Waals surface area contributed by atoms with Gasteiger partial charge in [-0.05, 0) is 38.4 Å². The predicted octanol–water partition coefficient (Wildman–Crippen LogP) is 2.19. The molecule has 0 radical (unpaired) electrons. The molecule has 0 saturated carbocycles. The maximum atomic E-state index is 12.3. The molecule has 1 aromatic rings. The number of carbonyl (C=O) groups excluding carboxylic acids is 1. The van der Waals surface area contributed by atoms with Crippen LogP contribution < -0.4 is 5.32 Å². The standard InChI is InChI=1S/C17H26N2O2/c1-2-19(14-15-6-4-3-5-7-15)17(20)10-13-21-16-8-11-18-12-9-16/h3-7,16,18H,2,8-14H2,1H3. The Hall–Kier alpha value is -1.39. The normalized spacial score (nSPS) is 15.9. The number of carbonyl (C=O) groups is 1. The lowest BCUT2D eigenvalue weighted by atomic mass is 10.1. The van der Waals surface area contributed by atoms with Gasteiger partial charge in [-0.15, -0.1) is 0 Å². The highest BCUT2D eigenvalue weighted by atomic mass is 16.5. The summed E-state index contributed by atoms with van der Waals surface area (Å²) in [5, 5.41) is 3.31. The molecule has 1 saturated heterocycles. The van der Waals surface area contributed by atoms with Crippen molar-refractivity contribution >= 4 is 5.91 Å². The predicted molar refractivity (Wildman–Crippen MR) is 84.0 cm³/mol. The summed E-state index contributed by atoms with van der Waals surface area (Å²) < 4.78 is 5.81. The smallest absolute Gasteiger partial charge is 0.225 e. The summed E-state index contributed by atoms with van der Waals surface area (Å²) in [5.74, 6) is 0.176. The molecule has 0 spiro atoms. The van der Waals surface area contributed by atoms with Gasteiger partial charge in [0.15, 0.2) is 0 Å². The number of benzene rings is 1. The third-order valence-corrected chi connectivity index (χ3v) is 3.91. The van der Waals surface area contributed by atoms with Crippen LogP contribution in [0.5, 0.6) is 0 Å². The zero-order chi connectivity index (χ0) is 14.9. The molecular weight excluding hydrogens is 264 g/mol. The number of amides is 1. The summed E-state index contributed by atoms with van der Waals surface area (Å²) in [6.45, 7) is 6.02. The monoisotopic (exact) mass is 290 g/mol. The summed E-state index contributed by atoms with van der Waals surface area (Å²) in [7, 11) is 0. The van der Waals surface area contributed by atoms with Crippen molar-refractivity contribution in [3.63, 3.8) is 0 Å². The van der Waals surface area contributed by atoms with E-state index in [9.17, 15) is 4.79 Å². The van der Waals surface area contributed by atoms with E-state index in [-0.39, 0.29) is 5.91 Å². The first-order chi connectivity index (χ1) is 10.3. The second-order valence-corrected chi connectivity index (χ2v) is 5.46. The highest BCUT2D eigenvalue weighted by molar-refractivity contribution is 5.76. The fourth-order valence-corrected chi connectivity index (χ4v) is 2.61. The summed E-state index contributed by atoms with van der Waals surface area (Å²) in [5.41, 5.74) is 1.17. The SMILES string of the molecule is CCN(Cc1ccccc1)C(=O)CCOC1CCNCC1. The van der Waals surface area contributed by atoms with Crippen LogP contribution in [0.25, 0.3) is 0 Å². The summed E-state index contributed by atoms with van der Waals surface area (Å²) >= 11 is 0. The van der Waals surface area contributed by atoms with Crippen molar-refractivity contribution < 1.29 is 9.53 Å². The number of rotatable bonds is 7. The number of nitrogens with one attached hydrogen (secondary N) is 1. The maximum absolute atomic E-state index is 12.3. The maximum Gasteiger partial charge on any atom is 0.225 e. The van der Waals surface area contributed by atoms with Crippen molar-refractivity contribution in [2.75, 3.05) is 26.2 Å². The molecule has 0 bridgehead atoms. The molecule has 1 aromatic carbocycles. The molecule has 1 heterocycles. The van der Waals surface area contributed by atoms with Crippen LogP contribution >= 0.6 is 0 Å². The third kappa shape index (κ3) is 5.48. The average molecular weight is 290 g/mol. The molecule has 0 unspecified atom stereocenters. The van der Waals surface area contributed by atoms with E-state index in [0.717, 1.165) is 32.5 Å². The first-order valence-corrected chi connectivity index (χ1v) is 7.93. The molecule has 116 valence electrons.